The lowest BCUT2D eigenvalue weighted by Gasteiger charge is -2.21. The van der Waals surface area contributed by atoms with Gasteiger partial charge in [0.2, 0.25) is 0 Å². The van der Waals surface area contributed by atoms with Crippen LogP contribution in [0.25, 0.3) is 11.5 Å². The second-order valence-electron chi connectivity index (χ2n) is 4.18. The van der Waals surface area contributed by atoms with Crippen molar-refractivity contribution in [3.63, 3.8) is 0 Å². The number of rotatable bonds is 4. The number of nitrogens with zero attached hydrogens (tertiary/aromatic N) is 3. The van der Waals surface area contributed by atoms with E-state index in [0.717, 1.165) is 6.20 Å². The molecule has 2 heterocycles. The molecule has 2 rings (SSSR count). The molecule has 96 valence electrons. The summed E-state index contributed by atoms with van der Waals surface area (Å²) in [6.45, 7) is 3.92. The van der Waals surface area contributed by atoms with Crippen LogP contribution in [0.4, 0.5) is 4.39 Å². The minimum absolute atomic E-state index is 0.230. The Morgan fingerprint density at radius 3 is 2.67 bits per heavy atom. The highest BCUT2D eigenvalue weighted by molar-refractivity contribution is 5.50. The Hall–Kier alpha value is -1.82. The monoisotopic (exact) mass is 250 g/mol. The Balaban J connectivity index is 2.36. The summed E-state index contributed by atoms with van der Waals surface area (Å²) >= 11 is 0. The van der Waals surface area contributed by atoms with Crippen molar-refractivity contribution in [2.45, 2.75) is 32.2 Å². The van der Waals surface area contributed by atoms with E-state index < -0.39 is 11.4 Å². The molecule has 0 unspecified atom stereocenters. The van der Waals surface area contributed by atoms with Crippen molar-refractivity contribution in [1.82, 2.24) is 15.1 Å². The fraction of sp³-hybridized carbons (Fsp3) is 0.417. The van der Waals surface area contributed by atoms with Crippen LogP contribution in [0.2, 0.25) is 0 Å². The summed E-state index contributed by atoms with van der Waals surface area (Å²) in [6, 6.07) is 1.29. The van der Waals surface area contributed by atoms with E-state index in [1.807, 2.05) is 13.8 Å². The van der Waals surface area contributed by atoms with Crippen molar-refractivity contribution >= 4 is 0 Å². The Kier molecular flexibility index (Phi) is 3.38. The van der Waals surface area contributed by atoms with E-state index >= 15 is 0 Å². The number of aromatic nitrogens is 3. The average molecular weight is 250 g/mol. The van der Waals surface area contributed by atoms with Crippen LogP contribution in [0.3, 0.4) is 0 Å². The lowest BCUT2D eigenvalue weighted by Crippen LogP contribution is -2.36. The molecule has 0 aliphatic heterocycles. The van der Waals surface area contributed by atoms with E-state index in [2.05, 4.69) is 15.1 Å². The molecule has 0 aromatic carbocycles. The van der Waals surface area contributed by atoms with Gasteiger partial charge in [-0.3, -0.25) is 4.98 Å². The SMILES string of the molecule is CCC(N)(CC)c1noc(-c2cncc(F)c2)n1. The molecule has 0 atom stereocenters. The third kappa shape index (κ3) is 2.24. The van der Waals surface area contributed by atoms with Gasteiger partial charge in [-0.25, -0.2) is 4.39 Å². The Morgan fingerprint density at radius 1 is 1.33 bits per heavy atom. The molecular weight excluding hydrogens is 235 g/mol. The summed E-state index contributed by atoms with van der Waals surface area (Å²) in [7, 11) is 0. The van der Waals surface area contributed by atoms with Crippen LogP contribution in [0, 0.1) is 5.82 Å². The molecule has 0 radical (unpaired) electrons. The van der Waals surface area contributed by atoms with Crippen molar-refractivity contribution in [3.05, 3.63) is 30.1 Å². The summed E-state index contributed by atoms with van der Waals surface area (Å²) in [5.74, 6) is 0.220. The van der Waals surface area contributed by atoms with E-state index in [-0.39, 0.29) is 5.89 Å². The predicted molar refractivity (Wildman–Crippen MR) is 63.9 cm³/mol. The largest absolute Gasteiger partial charge is 0.334 e. The van der Waals surface area contributed by atoms with Gasteiger partial charge in [0, 0.05) is 6.20 Å². The predicted octanol–water partition coefficient (Wildman–Crippen LogP) is 2.24. The fourth-order valence-corrected chi connectivity index (χ4v) is 1.64. The van der Waals surface area contributed by atoms with Crippen LogP contribution in [-0.4, -0.2) is 15.1 Å². The van der Waals surface area contributed by atoms with Gasteiger partial charge in [-0.1, -0.05) is 19.0 Å². The molecule has 0 aliphatic rings. The maximum Gasteiger partial charge on any atom is 0.259 e. The van der Waals surface area contributed by atoms with Gasteiger partial charge in [0.1, 0.15) is 5.82 Å². The normalized spacial score (nSPS) is 11.8. The topological polar surface area (TPSA) is 77.8 Å². The fourth-order valence-electron chi connectivity index (χ4n) is 1.64. The van der Waals surface area contributed by atoms with Crippen molar-refractivity contribution in [1.29, 1.82) is 0 Å². The van der Waals surface area contributed by atoms with E-state index in [0.29, 0.717) is 24.2 Å². The summed E-state index contributed by atoms with van der Waals surface area (Å²) in [5.41, 5.74) is 6.00. The van der Waals surface area contributed by atoms with Gasteiger partial charge in [0.15, 0.2) is 5.82 Å². The first kappa shape index (κ1) is 12.6. The van der Waals surface area contributed by atoms with Gasteiger partial charge < -0.3 is 10.3 Å². The zero-order valence-electron chi connectivity index (χ0n) is 10.4. The van der Waals surface area contributed by atoms with E-state index in [9.17, 15) is 4.39 Å². The second kappa shape index (κ2) is 4.81. The molecule has 0 bridgehead atoms. The lowest BCUT2D eigenvalue weighted by atomic mass is 9.93. The lowest BCUT2D eigenvalue weighted by molar-refractivity contribution is 0.350. The minimum atomic E-state index is -0.609. The van der Waals surface area contributed by atoms with E-state index in [4.69, 9.17) is 10.3 Å². The standard InChI is InChI=1S/C12H15FN4O/c1-3-12(14,4-2)11-16-10(18-17-11)8-5-9(13)7-15-6-8/h5-7H,3-4,14H2,1-2H3. The molecule has 2 aromatic rings. The van der Waals surface area contributed by atoms with Crippen LogP contribution in [-0.2, 0) is 5.54 Å². The minimum Gasteiger partial charge on any atom is -0.334 e. The molecule has 0 saturated heterocycles. The molecule has 2 aromatic heterocycles. The number of pyridine rings is 1. The Morgan fingerprint density at radius 2 is 2.06 bits per heavy atom. The van der Waals surface area contributed by atoms with E-state index in [1.54, 1.807) is 0 Å². The van der Waals surface area contributed by atoms with Crippen molar-refractivity contribution in [3.8, 4) is 11.5 Å². The highest BCUT2D eigenvalue weighted by Crippen LogP contribution is 2.25. The molecule has 0 spiro atoms. The maximum atomic E-state index is 13.0. The van der Waals surface area contributed by atoms with Crippen LogP contribution in [0.1, 0.15) is 32.5 Å². The molecule has 18 heavy (non-hydrogen) atoms. The summed E-state index contributed by atoms with van der Waals surface area (Å²) in [6.07, 6.45) is 3.98. The van der Waals surface area contributed by atoms with E-state index in [1.165, 1.54) is 12.3 Å². The number of hydrogen-bond acceptors (Lipinski definition) is 5. The van der Waals surface area contributed by atoms with Crippen LogP contribution in [0.15, 0.2) is 23.0 Å². The molecule has 0 saturated carbocycles. The molecule has 0 aliphatic carbocycles. The summed E-state index contributed by atoms with van der Waals surface area (Å²) < 4.78 is 18.2. The third-order valence-corrected chi connectivity index (χ3v) is 3.08. The number of halogens is 1. The number of nitrogens with two attached hydrogens (primary N) is 1. The maximum absolute atomic E-state index is 13.0. The first-order valence-electron chi connectivity index (χ1n) is 5.83. The van der Waals surface area contributed by atoms with Gasteiger partial charge in [-0.05, 0) is 18.9 Å². The number of hydrogen-bond donors (Lipinski definition) is 1. The first-order valence-corrected chi connectivity index (χ1v) is 5.83. The van der Waals surface area contributed by atoms with Crippen molar-refractivity contribution in [2.24, 2.45) is 5.73 Å². The quantitative estimate of drug-likeness (QED) is 0.900. The van der Waals surface area contributed by atoms with Crippen LogP contribution in [0.5, 0.6) is 0 Å². The van der Waals surface area contributed by atoms with Gasteiger partial charge in [0.25, 0.3) is 5.89 Å². The average Bonchev–Trinajstić information content (AvgIpc) is 2.88. The van der Waals surface area contributed by atoms with Gasteiger partial charge >= 0.3 is 0 Å². The van der Waals surface area contributed by atoms with Crippen molar-refractivity contribution < 1.29 is 8.91 Å². The van der Waals surface area contributed by atoms with Gasteiger partial charge in [-0.15, -0.1) is 0 Å². The Bertz CT molecular complexity index is 536. The molecule has 5 nitrogen and oxygen atoms in total. The molecule has 0 amide bonds. The first-order chi connectivity index (χ1) is 8.59. The summed E-state index contributed by atoms with van der Waals surface area (Å²) in [4.78, 5) is 7.96. The molecule has 6 heteroatoms. The van der Waals surface area contributed by atoms with Gasteiger partial charge in [0.05, 0.1) is 17.3 Å². The zero-order valence-corrected chi connectivity index (χ0v) is 10.4. The van der Waals surface area contributed by atoms with Crippen molar-refractivity contribution in [2.75, 3.05) is 0 Å². The second-order valence-corrected chi connectivity index (χ2v) is 4.18. The molecular formula is C12H15FN4O. The highest BCUT2D eigenvalue weighted by atomic mass is 19.1. The summed E-state index contributed by atoms with van der Waals surface area (Å²) in [5, 5.41) is 3.87. The smallest absolute Gasteiger partial charge is 0.259 e. The molecule has 0 fully saturated rings. The van der Waals surface area contributed by atoms with Crippen LogP contribution < -0.4 is 5.73 Å². The van der Waals surface area contributed by atoms with Crippen LogP contribution >= 0.6 is 0 Å². The van der Waals surface area contributed by atoms with Gasteiger partial charge in [-0.2, -0.15) is 4.98 Å². The molecule has 2 N–H and O–H groups in total. The third-order valence-electron chi connectivity index (χ3n) is 3.08. The highest BCUT2D eigenvalue weighted by Gasteiger charge is 2.29. The zero-order chi connectivity index (χ0) is 13.2. The Labute approximate surface area is 104 Å².